The van der Waals surface area contributed by atoms with Crippen molar-refractivity contribution in [1.82, 2.24) is 14.5 Å². The van der Waals surface area contributed by atoms with Gasteiger partial charge in [-0.1, -0.05) is 41.4 Å². The number of rotatable bonds is 7. The first kappa shape index (κ1) is 30.1. The van der Waals surface area contributed by atoms with Gasteiger partial charge in [0.25, 0.3) is 0 Å². The summed E-state index contributed by atoms with van der Waals surface area (Å²) < 4.78 is 20.8. The maximum atomic E-state index is 11.1. The molecule has 5 rings (SSSR count). The van der Waals surface area contributed by atoms with Crippen LogP contribution in [0.2, 0.25) is 10.0 Å². The van der Waals surface area contributed by atoms with Crippen molar-refractivity contribution in [1.29, 1.82) is 0 Å². The minimum atomic E-state index is -1.14. The number of amides is 1. The van der Waals surface area contributed by atoms with E-state index in [0.717, 1.165) is 5.69 Å². The van der Waals surface area contributed by atoms with Crippen LogP contribution < -0.4 is 14.7 Å². The molecular weight excluding hydrogens is 578 g/mol. The molecule has 2 fully saturated rings. The molecule has 0 aliphatic carbocycles. The zero-order chi connectivity index (χ0) is 25.1. The third-order valence-corrected chi connectivity index (χ3v) is 6.87. The van der Waals surface area contributed by atoms with Crippen molar-refractivity contribution >= 4 is 59.8 Å². The summed E-state index contributed by atoms with van der Waals surface area (Å²) in [5, 5.41) is 12.1. The molecule has 0 bridgehead atoms. The first-order valence-electron chi connectivity index (χ1n) is 11.6. The van der Waals surface area contributed by atoms with Crippen LogP contribution in [0.4, 0.5) is 10.5 Å². The molecule has 2 saturated heterocycles. The summed E-state index contributed by atoms with van der Waals surface area (Å²) >= 11 is 12.7. The average molecular weight is 605 g/mol. The van der Waals surface area contributed by atoms with Crippen LogP contribution in [0.1, 0.15) is 5.56 Å². The number of anilines is 1. The highest BCUT2D eigenvalue weighted by molar-refractivity contribution is 6.35. The van der Waals surface area contributed by atoms with Crippen molar-refractivity contribution in [2.24, 2.45) is 0 Å². The van der Waals surface area contributed by atoms with Gasteiger partial charge < -0.3 is 38.5 Å². The number of halogens is 4. The zero-order valence-electron chi connectivity index (χ0n) is 20.2. The summed E-state index contributed by atoms with van der Waals surface area (Å²) in [7, 11) is 0. The molecule has 9 nitrogen and oxygen atoms in total. The van der Waals surface area contributed by atoms with Crippen LogP contribution in [0.15, 0.2) is 61.2 Å². The molecule has 3 aromatic rings. The molecule has 0 saturated carbocycles. The SMILES string of the molecule is Cl.Cl.O=C([O-])N1CCN(c2ccccc2OCC2COC(Cn3ccnc3)(c3ccc(Cl)cc3Cl)O2)CC1. The highest BCUT2D eigenvalue weighted by atomic mass is 35.5. The lowest BCUT2D eigenvalue weighted by molar-refractivity contribution is -0.265. The Balaban J connectivity index is 0.00000200. The van der Waals surface area contributed by atoms with Gasteiger partial charge >= 0.3 is 0 Å². The molecule has 0 spiro atoms. The number of ether oxygens (including phenoxy) is 3. The number of carbonyl (C=O) groups is 1. The van der Waals surface area contributed by atoms with Gasteiger partial charge in [-0.25, -0.2) is 4.98 Å². The van der Waals surface area contributed by atoms with Gasteiger partial charge in [0.2, 0.25) is 5.79 Å². The summed E-state index contributed by atoms with van der Waals surface area (Å²) in [5.74, 6) is -0.434. The number of aromatic nitrogens is 2. The van der Waals surface area contributed by atoms with Crippen molar-refractivity contribution in [3.8, 4) is 5.75 Å². The highest BCUT2D eigenvalue weighted by Gasteiger charge is 2.45. The number of hydrogen-bond donors (Lipinski definition) is 0. The van der Waals surface area contributed by atoms with Crippen LogP contribution in [-0.2, 0) is 21.8 Å². The van der Waals surface area contributed by atoms with Gasteiger partial charge in [-0.15, -0.1) is 24.8 Å². The third kappa shape index (κ3) is 6.59. The number of imidazole rings is 1. The second-order valence-electron chi connectivity index (χ2n) is 8.68. The summed E-state index contributed by atoms with van der Waals surface area (Å²) in [6.45, 7) is 2.79. The van der Waals surface area contributed by atoms with Gasteiger partial charge in [-0.05, 0) is 24.3 Å². The second-order valence-corrected chi connectivity index (χ2v) is 9.53. The fourth-order valence-electron chi connectivity index (χ4n) is 4.53. The third-order valence-electron chi connectivity index (χ3n) is 6.32. The first-order valence-corrected chi connectivity index (χ1v) is 12.3. The molecule has 0 radical (unpaired) electrons. The Morgan fingerprint density at radius 3 is 2.58 bits per heavy atom. The molecule has 1 amide bonds. The molecule has 206 valence electrons. The molecule has 2 aliphatic rings. The van der Waals surface area contributed by atoms with Gasteiger partial charge in [-0.3, -0.25) is 0 Å². The monoisotopic (exact) mass is 603 g/mol. The van der Waals surface area contributed by atoms with Crippen LogP contribution in [-0.4, -0.2) is 66.0 Å². The number of benzene rings is 2. The van der Waals surface area contributed by atoms with E-state index in [9.17, 15) is 9.90 Å². The van der Waals surface area contributed by atoms with Crippen molar-refractivity contribution in [3.05, 3.63) is 76.8 Å². The predicted molar refractivity (Wildman–Crippen MR) is 147 cm³/mol. The van der Waals surface area contributed by atoms with E-state index in [4.69, 9.17) is 37.4 Å². The molecule has 0 N–H and O–H groups in total. The summed E-state index contributed by atoms with van der Waals surface area (Å²) in [6, 6.07) is 12.9. The van der Waals surface area contributed by atoms with E-state index in [2.05, 4.69) is 9.88 Å². The molecule has 1 aromatic heterocycles. The minimum Gasteiger partial charge on any atom is -0.530 e. The Morgan fingerprint density at radius 1 is 1.13 bits per heavy atom. The Hall–Kier alpha value is -2.40. The smallest absolute Gasteiger partial charge is 0.215 e. The Morgan fingerprint density at radius 2 is 1.89 bits per heavy atom. The standard InChI is InChI=1S/C25H26Cl2N4O5.2ClH/c26-18-5-6-20(21(27)13-18)25(16-29-8-7-28-17-29)35-15-19(36-25)14-34-23-4-2-1-3-22(23)30-9-11-31(12-10-30)24(32)33;;/h1-8,13,17,19H,9-12,14-16H2,(H,32,33);2*1H/p-1. The Kier molecular flexibility index (Phi) is 10.4. The average Bonchev–Trinajstić information content (AvgIpc) is 3.53. The number of nitrogens with zero attached hydrogens (tertiary/aromatic N) is 4. The number of hydrogen-bond acceptors (Lipinski definition) is 7. The summed E-state index contributed by atoms with van der Waals surface area (Å²) in [6.07, 6.45) is 3.72. The second kappa shape index (κ2) is 13.1. The lowest BCUT2D eigenvalue weighted by atomic mass is 10.1. The van der Waals surface area contributed by atoms with E-state index in [0.29, 0.717) is 60.7 Å². The minimum absolute atomic E-state index is 0. The van der Waals surface area contributed by atoms with Crippen LogP contribution >= 0.6 is 48.0 Å². The number of carboxylic acid groups (broad SMARTS) is 1. The molecule has 3 heterocycles. The van der Waals surface area contributed by atoms with Crippen molar-refractivity contribution in [2.45, 2.75) is 18.4 Å². The van der Waals surface area contributed by atoms with Gasteiger partial charge in [0.05, 0.1) is 30.2 Å². The highest BCUT2D eigenvalue weighted by Crippen LogP contribution is 2.41. The van der Waals surface area contributed by atoms with E-state index in [1.165, 1.54) is 4.90 Å². The van der Waals surface area contributed by atoms with Crippen LogP contribution in [0.3, 0.4) is 0 Å². The molecule has 2 aromatic carbocycles. The fourth-order valence-corrected chi connectivity index (χ4v) is 5.08. The first-order chi connectivity index (χ1) is 17.4. The van der Waals surface area contributed by atoms with Crippen molar-refractivity contribution in [2.75, 3.05) is 44.3 Å². The predicted octanol–water partition coefficient (Wildman–Crippen LogP) is 3.85. The number of piperazine rings is 1. The number of para-hydroxylation sites is 2. The largest absolute Gasteiger partial charge is 0.530 e. The van der Waals surface area contributed by atoms with Gasteiger partial charge in [0.1, 0.15) is 24.6 Å². The molecule has 38 heavy (non-hydrogen) atoms. The van der Waals surface area contributed by atoms with E-state index in [1.807, 2.05) is 41.1 Å². The lowest BCUT2D eigenvalue weighted by Gasteiger charge is -2.38. The van der Waals surface area contributed by atoms with Crippen LogP contribution in [0.5, 0.6) is 5.75 Å². The summed E-state index contributed by atoms with van der Waals surface area (Å²) in [5.41, 5.74) is 1.58. The van der Waals surface area contributed by atoms with Crippen molar-refractivity contribution in [3.63, 3.8) is 0 Å². The van der Waals surface area contributed by atoms with Gasteiger partial charge in [-0.2, -0.15) is 0 Å². The fraction of sp³-hybridized carbons (Fsp3) is 0.360. The van der Waals surface area contributed by atoms with Gasteiger partial charge in [0, 0.05) is 49.2 Å². The topological polar surface area (TPSA) is 92.1 Å². The van der Waals surface area contributed by atoms with Gasteiger partial charge in [0.15, 0.2) is 0 Å². The Labute approximate surface area is 243 Å². The Bertz CT molecular complexity index is 1210. The maximum absolute atomic E-state index is 11.1. The van der Waals surface area contributed by atoms with E-state index in [-0.39, 0.29) is 37.5 Å². The van der Waals surface area contributed by atoms with Crippen LogP contribution in [0, 0.1) is 0 Å². The zero-order valence-corrected chi connectivity index (χ0v) is 23.3. The van der Waals surface area contributed by atoms with Crippen molar-refractivity contribution < 1.29 is 24.1 Å². The van der Waals surface area contributed by atoms with E-state index in [1.54, 1.807) is 24.7 Å². The molecular formula is C25H27Cl4N4O5-. The molecule has 13 heteroatoms. The molecule has 2 aliphatic heterocycles. The number of carbonyl (C=O) groups excluding carboxylic acids is 1. The van der Waals surface area contributed by atoms with E-state index < -0.39 is 11.9 Å². The quantitative estimate of drug-likeness (QED) is 0.404. The van der Waals surface area contributed by atoms with Crippen LogP contribution in [0.25, 0.3) is 0 Å². The maximum Gasteiger partial charge on any atom is 0.215 e. The molecule has 2 unspecified atom stereocenters. The normalized spacial score (nSPS) is 20.9. The summed E-state index contributed by atoms with van der Waals surface area (Å²) in [4.78, 5) is 18.7. The van der Waals surface area contributed by atoms with E-state index >= 15 is 0 Å². The molecule has 2 atom stereocenters. The lowest BCUT2D eigenvalue weighted by Crippen LogP contribution is -2.52.